The van der Waals surface area contributed by atoms with Gasteiger partial charge in [-0.1, -0.05) is 17.7 Å². The monoisotopic (exact) mass is 291 g/mol. The summed E-state index contributed by atoms with van der Waals surface area (Å²) < 4.78 is 18.9. The van der Waals surface area contributed by atoms with Crippen LogP contribution in [0.2, 0.25) is 5.02 Å². The van der Waals surface area contributed by atoms with Gasteiger partial charge in [0.15, 0.2) is 0 Å². The number of hydrogen-bond donors (Lipinski definition) is 1. The number of hydrogen-bond acceptors (Lipinski definition) is 2. The van der Waals surface area contributed by atoms with E-state index >= 15 is 0 Å². The van der Waals surface area contributed by atoms with Crippen LogP contribution in [0.25, 0.3) is 0 Å². The average Bonchev–Trinajstić information content (AvgIpc) is 2.81. The standard InChI is InChI=1S/C16H15ClFNO/c17-15-5-2-12(18)7-11(15)9-20-13-3-4-14-10(8-13)1-6-16(14)19/h2-5,7-8,16H,1,6,9,19H2/t16-/m0/s1. The molecule has 4 heteroatoms. The highest BCUT2D eigenvalue weighted by molar-refractivity contribution is 6.31. The van der Waals surface area contributed by atoms with Crippen molar-refractivity contribution in [1.29, 1.82) is 0 Å². The van der Waals surface area contributed by atoms with Crippen molar-refractivity contribution in [1.82, 2.24) is 0 Å². The van der Waals surface area contributed by atoms with Crippen LogP contribution in [0, 0.1) is 5.82 Å². The quantitative estimate of drug-likeness (QED) is 0.927. The molecule has 2 aromatic rings. The number of aryl methyl sites for hydroxylation is 1. The number of nitrogens with two attached hydrogens (primary N) is 1. The minimum atomic E-state index is -0.312. The maximum absolute atomic E-state index is 13.2. The van der Waals surface area contributed by atoms with Gasteiger partial charge in [-0.15, -0.1) is 0 Å². The van der Waals surface area contributed by atoms with Gasteiger partial charge in [0.1, 0.15) is 18.2 Å². The summed E-state index contributed by atoms with van der Waals surface area (Å²) in [5.41, 5.74) is 9.07. The first-order valence-electron chi connectivity index (χ1n) is 6.58. The zero-order valence-electron chi connectivity index (χ0n) is 10.9. The van der Waals surface area contributed by atoms with Crippen molar-refractivity contribution in [3.8, 4) is 5.75 Å². The normalized spacial score (nSPS) is 17.1. The van der Waals surface area contributed by atoms with E-state index in [4.69, 9.17) is 22.1 Å². The minimum Gasteiger partial charge on any atom is -0.489 e. The number of fused-ring (bicyclic) bond motifs is 1. The second-order valence-electron chi connectivity index (χ2n) is 5.03. The lowest BCUT2D eigenvalue weighted by atomic mass is 10.1. The summed E-state index contributed by atoms with van der Waals surface area (Å²) in [7, 11) is 0. The summed E-state index contributed by atoms with van der Waals surface area (Å²) in [5, 5.41) is 0.509. The lowest BCUT2D eigenvalue weighted by Crippen LogP contribution is -2.05. The SMILES string of the molecule is N[C@H]1CCc2cc(OCc3cc(F)ccc3Cl)ccc21. The molecule has 1 aliphatic carbocycles. The summed E-state index contributed by atoms with van der Waals surface area (Å²) in [4.78, 5) is 0. The fourth-order valence-electron chi connectivity index (χ4n) is 2.53. The van der Waals surface area contributed by atoms with Gasteiger partial charge in [0.25, 0.3) is 0 Å². The van der Waals surface area contributed by atoms with E-state index in [9.17, 15) is 4.39 Å². The Kier molecular flexibility index (Phi) is 3.64. The highest BCUT2D eigenvalue weighted by atomic mass is 35.5. The van der Waals surface area contributed by atoms with Gasteiger partial charge in [0, 0.05) is 16.6 Å². The third kappa shape index (κ3) is 2.65. The Morgan fingerprint density at radius 1 is 1.25 bits per heavy atom. The first-order valence-corrected chi connectivity index (χ1v) is 6.96. The van der Waals surface area contributed by atoms with Crippen LogP contribution in [-0.4, -0.2) is 0 Å². The van der Waals surface area contributed by atoms with Gasteiger partial charge in [-0.25, -0.2) is 4.39 Å². The van der Waals surface area contributed by atoms with E-state index in [0.29, 0.717) is 10.6 Å². The molecular formula is C16H15ClFNO. The van der Waals surface area contributed by atoms with E-state index in [0.717, 1.165) is 18.6 Å². The van der Waals surface area contributed by atoms with Crippen LogP contribution in [0.1, 0.15) is 29.2 Å². The molecule has 0 aromatic heterocycles. The van der Waals surface area contributed by atoms with Crippen LogP contribution in [0.3, 0.4) is 0 Å². The second kappa shape index (κ2) is 5.43. The largest absolute Gasteiger partial charge is 0.489 e. The fourth-order valence-corrected chi connectivity index (χ4v) is 2.70. The third-order valence-electron chi connectivity index (χ3n) is 3.64. The van der Waals surface area contributed by atoms with Crippen LogP contribution in [-0.2, 0) is 13.0 Å². The smallest absolute Gasteiger partial charge is 0.123 e. The fraction of sp³-hybridized carbons (Fsp3) is 0.250. The topological polar surface area (TPSA) is 35.2 Å². The molecule has 3 rings (SSSR count). The Morgan fingerprint density at radius 2 is 2.10 bits per heavy atom. The molecule has 20 heavy (non-hydrogen) atoms. The summed E-state index contributed by atoms with van der Waals surface area (Å²) in [5.74, 6) is 0.450. The van der Waals surface area contributed by atoms with Crippen molar-refractivity contribution < 1.29 is 9.13 Å². The van der Waals surface area contributed by atoms with Gasteiger partial charge in [-0.3, -0.25) is 0 Å². The summed E-state index contributed by atoms with van der Waals surface area (Å²) in [6.07, 6.45) is 1.96. The molecule has 0 spiro atoms. The molecule has 0 heterocycles. The van der Waals surface area contributed by atoms with Crippen molar-refractivity contribution >= 4 is 11.6 Å². The maximum atomic E-state index is 13.2. The van der Waals surface area contributed by atoms with Crippen molar-refractivity contribution in [3.63, 3.8) is 0 Å². The second-order valence-corrected chi connectivity index (χ2v) is 5.44. The van der Waals surface area contributed by atoms with Crippen LogP contribution in [0.15, 0.2) is 36.4 Å². The molecule has 1 atom stereocenters. The predicted molar refractivity (Wildman–Crippen MR) is 77.4 cm³/mol. The van der Waals surface area contributed by atoms with Gasteiger partial charge < -0.3 is 10.5 Å². The Balaban J connectivity index is 1.74. The molecule has 0 saturated carbocycles. The van der Waals surface area contributed by atoms with Crippen LogP contribution in [0.5, 0.6) is 5.75 Å². The Hall–Kier alpha value is -1.58. The van der Waals surface area contributed by atoms with Crippen molar-refractivity contribution in [2.45, 2.75) is 25.5 Å². The van der Waals surface area contributed by atoms with Crippen molar-refractivity contribution in [2.24, 2.45) is 5.73 Å². The maximum Gasteiger partial charge on any atom is 0.123 e. The van der Waals surface area contributed by atoms with Gasteiger partial charge >= 0.3 is 0 Å². The van der Waals surface area contributed by atoms with Gasteiger partial charge in [0.05, 0.1) is 0 Å². The lowest BCUT2D eigenvalue weighted by Gasteiger charge is -2.10. The molecular weight excluding hydrogens is 277 g/mol. The molecule has 0 bridgehead atoms. The number of halogens is 2. The molecule has 0 aliphatic heterocycles. The van der Waals surface area contributed by atoms with Crippen LogP contribution in [0.4, 0.5) is 4.39 Å². The molecule has 0 fully saturated rings. The molecule has 0 saturated heterocycles. The molecule has 2 aromatic carbocycles. The highest BCUT2D eigenvalue weighted by Gasteiger charge is 2.19. The first kappa shape index (κ1) is 13.4. The average molecular weight is 292 g/mol. The van der Waals surface area contributed by atoms with Gasteiger partial charge in [-0.05, 0) is 54.3 Å². The summed E-state index contributed by atoms with van der Waals surface area (Å²) >= 11 is 6.01. The Morgan fingerprint density at radius 3 is 2.95 bits per heavy atom. The van der Waals surface area contributed by atoms with Crippen molar-refractivity contribution in [2.75, 3.05) is 0 Å². The van der Waals surface area contributed by atoms with Crippen molar-refractivity contribution in [3.05, 3.63) is 63.9 Å². The van der Waals surface area contributed by atoms with Gasteiger partial charge in [-0.2, -0.15) is 0 Å². The van der Waals surface area contributed by atoms with Crippen LogP contribution < -0.4 is 10.5 Å². The van der Waals surface area contributed by atoms with E-state index in [1.807, 2.05) is 18.2 Å². The zero-order valence-corrected chi connectivity index (χ0v) is 11.7. The number of benzene rings is 2. The summed E-state index contributed by atoms with van der Waals surface area (Å²) in [6, 6.07) is 10.3. The van der Waals surface area contributed by atoms with E-state index < -0.39 is 0 Å². The van der Waals surface area contributed by atoms with E-state index in [1.165, 1.54) is 29.3 Å². The van der Waals surface area contributed by atoms with Crippen LogP contribution >= 0.6 is 11.6 Å². The van der Waals surface area contributed by atoms with E-state index in [-0.39, 0.29) is 18.5 Å². The van der Waals surface area contributed by atoms with E-state index in [1.54, 1.807) is 0 Å². The Labute approximate surface area is 122 Å². The van der Waals surface area contributed by atoms with E-state index in [2.05, 4.69) is 0 Å². The molecule has 2 nitrogen and oxygen atoms in total. The molecule has 104 valence electrons. The summed E-state index contributed by atoms with van der Waals surface area (Å²) in [6.45, 7) is 0.251. The molecule has 1 aliphatic rings. The molecule has 0 radical (unpaired) electrons. The zero-order chi connectivity index (χ0) is 14.1. The molecule has 0 unspecified atom stereocenters. The minimum absolute atomic E-state index is 0.136. The first-order chi connectivity index (χ1) is 9.63. The lowest BCUT2D eigenvalue weighted by molar-refractivity contribution is 0.305. The third-order valence-corrected chi connectivity index (χ3v) is 4.01. The number of ether oxygens (including phenoxy) is 1. The Bertz CT molecular complexity index is 644. The van der Waals surface area contributed by atoms with Gasteiger partial charge in [0.2, 0.25) is 0 Å². The highest BCUT2D eigenvalue weighted by Crippen LogP contribution is 2.32. The predicted octanol–water partition coefficient (Wildman–Crippen LogP) is 4.00. The molecule has 2 N–H and O–H groups in total. The number of rotatable bonds is 3. The molecule has 0 amide bonds.